The molecule has 16 heavy (non-hydrogen) atoms. The van der Waals surface area contributed by atoms with Crippen LogP contribution in [0.15, 0.2) is 35.3 Å². The van der Waals surface area contributed by atoms with Crippen LogP contribution in [0.1, 0.15) is 17.0 Å². The van der Waals surface area contributed by atoms with Gasteiger partial charge in [0.05, 0.1) is 6.54 Å². The maximum absolute atomic E-state index is 11.5. The molecule has 0 atom stereocenters. The summed E-state index contributed by atoms with van der Waals surface area (Å²) in [5, 5.41) is 4.01. The van der Waals surface area contributed by atoms with E-state index in [-0.39, 0.29) is 5.56 Å². The van der Waals surface area contributed by atoms with E-state index in [2.05, 4.69) is 10.1 Å². The van der Waals surface area contributed by atoms with Crippen molar-refractivity contribution in [3.05, 3.63) is 57.8 Å². The topological polar surface area (TPSA) is 47.8 Å². The molecule has 0 saturated carbocycles. The molecular weight excluding hydrogens is 202 g/mol. The van der Waals surface area contributed by atoms with Gasteiger partial charge in [-0.25, -0.2) is 4.68 Å². The summed E-state index contributed by atoms with van der Waals surface area (Å²) in [5.74, 6) is 0. The van der Waals surface area contributed by atoms with Gasteiger partial charge in [0.15, 0.2) is 0 Å². The van der Waals surface area contributed by atoms with Crippen LogP contribution in [0.3, 0.4) is 0 Å². The van der Waals surface area contributed by atoms with Gasteiger partial charge < -0.3 is 0 Å². The summed E-state index contributed by atoms with van der Waals surface area (Å²) in [5.41, 5.74) is 2.85. The molecule has 0 aliphatic carbocycles. The lowest BCUT2D eigenvalue weighted by molar-refractivity contribution is 0.634. The standard InChI is InChI=1S/C12H13N3O/c1-9-5-6-11(10(2)14-9)8-15-12(16)4-3-7-13-15/h3-7H,8H2,1-2H3. The Morgan fingerprint density at radius 2 is 2.06 bits per heavy atom. The Balaban J connectivity index is 2.35. The van der Waals surface area contributed by atoms with Crippen LogP contribution in [-0.4, -0.2) is 14.8 Å². The highest BCUT2D eigenvalue weighted by Crippen LogP contribution is 2.06. The summed E-state index contributed by atoms with van der Waals surface area (Å²) in [6.07, 6.45) is 1.61. The molecule has 2 aromatic heterocycles. The quantitative estimate of drug-likeness (QED) is 0.758. The zero-order valence-corrected chi connectivity index (χ0v) is 9.34. The van der Waals surface area contributed by atoms with E-state index in [4.69, 9.17) is 0 Å². The molecule has 4 heteroatoms. The highest BCUT2D eigenvalue weighted by Gasteiger charge is 2.02. The lowest BCUT2D eigenvalue weighted by Gasteiger charge is -2.07. The highest BCUT2D eigenvalue weighted by molar-refractivity contribution is 5.21. The number of aromatic nitrogens is 3. The van der Waals surface area contributed by atoms with E-state index in [1.807, 2.05) is 26.0 Å². The first kappa shape index (κ1) is 10.5. The Labute approximate surface area is 93.6 Å². The van der Waals surface area contributed by atoms with Gasteiger partial charge in [-0.15, -0.1) is 0 Å². The molecule has 0 spiro atoms. The van der Waals surface area contributed by atoms with E-state index in [0.29, 0.717) is 6.54 Å². The predicted octanol–water partition coefficient (Wildman–Crippen LogP) is 1.30. The Kier molecular flexibility index (Phi) is 2.81. The summed E-state index contributed by atoms with van der Waals surface area (Å²) in [6.45, 7) is 4.36. The molecule has 0 aliphatic heterocycles. The maximum Gasteiger partial charge on any atom is 0.267 e. The van der Waals surface area contributed by atoms with Gasteiger partial charge in [-0.2, -0.15) is 5.10 Å². The number of pyridine rings is 1. The van der Waals surface area contributed by atoms with Crippen LogP contribution < -0.4 is 5.56 Å². The van der Waals surface area contributed by atoms with Crippen molar-refractivity contribution in [3.63, 3.8) is 0 Å². The molecule has 2 aromatic rings. The SMILES string of the molecule is Cc1ccc(Cn2ncccc2=O)c(C)n1. The number of nitrogens with zero attached hydrogens (tertiary/aromatic N) is 3. The van der Waals surface area contributed by atoms with E-state index in [9.17, 15) is 4.79 Å². The van der Waals surface area contributed by atoms with Gasteiger partial charge in [-0.1, -0.05) is 6.07 Å². The van der Waals surface area contributed by atoms with Crippen LogP contribution in [0.4, 0.5) is 0 Å². The van der Waals surface area contributed by atoms with Crippen LogP contribution in [0.5, 0.6) is 0 Å². The second kappa shape index (κ2) is 4.26. The Bertz CT molecular complexity index is 560. The summed E-state index contributed by atoms with van der Waals surface area (Å²) < 4.78 is 1.43. The normalized spacial score (nSPS) is 10.4. The number of rotatable bonds is 2. The molecule has 0 radical (unpaired) electrons. The molecule has 0 aliphatic rings. The van der Waals surface area contributed by atoms with Gasteiger partial charge in [0.1, 0.15) is 0 Å². The van der Waals surface area contributed by atoms with E-state index in [1.165, 1.54) is 10.7 Å². The van der Waals surface area contributed by atoms with E-state index < -0.39 is 0 Å². The zero-order chi connectivity index (χ0) is 11.5. The molecule has 2 heterocycles. The number of aryl methyl sites for hydroxylation is 2. The molecule has 0 amide bonds. The van der Waals surface area contributed by atoms with Gasteiger partial charge >= 0.3 is 0 Å². The minimum Gasteiger partial charge on any atom is -0.268 e. The van der Waals surface area contributed by atoms with Crippen molar-refractivity contribution in [2.45, 2.75) is 20.4 Å². The second-order valence-corrected chi connectivity index (χ2v) is 3.72. The maximum atomic E-state index is 11.5. The van der Waals surface area contributed by atoms with Gasteiger partial charge in [0.2, 0.25) is 0 Å². The molecule has 2 rings (SSSR count). The lowest BCUT2D eigenvalue weighted by Crippen LogP contribution is -2.22. The van der Waals surface area contributed by atoms with Crippen LogP contribution in [0.2, 0.25) is 0 Å². The first-order chi connectivity index (χ1) is 7.66. The van der Waals surface area contributed by atoms with Crippen LogP contribution in [-0.2, 0) is 6.54 Å². The van der Waals surface area contributed by atoms with Crippen LogP contribution in [0.25, 0.3) is 0 Å². The van der Waals surface area contributed by atoms with Crippen molar-refractivity contribution in [2.75, 3.05) is 0 Å². The number of hydrogen-bond acceptors (Lipinski definition) is 3. The van der Waals surface area contributed by atoms with Crippen molar-refractivity contribution in [3.8, 4) is 0 Å². The zero-order valence-electron chi connectivity index (χ0n) is 9.34. The fourth-order valence-electron chi connectivity index (χ4n) is 1.55. The summed E-state index contributed by atoms with van der Waals surface area (Å²) in [6, 6.07) is 7.07. The fourth-order valence-corrected chi connectivity index (χ4v) is 1.55. The molecule has 82 valence electrons. The second-order valence-electron chi connectivity index (χ2n) is 3.72. The lowest BCUT2D eigenvalue weighted by atomic mass is 10.2. The smallest absolute Gasteiger partial charge is 0.267 e. The van der Waals surface area contributed by atoms with Gasteiger partial charge in [-0.05, 0) is 31.5 Å². The van der Waals surface area contributed by atoms with Crippen molar-refractivity contribution in [1.82, 2.24) is 14.8 Å². The third-order valence-electron chi connectivity index (χ3n) is 2.44. The minimum absolute atomic E-state index is 0.0949. The van der Waals surface area contributed by atoms with Crippen molar-refractivity contribution in [2.24, 2.45) is 0 Å². The third-order valence-corrected chi connectivity index (χ3v) is 2.44. The Morgan fingerprint density at radius 3 is 2.75 bits per heavy atom. The van der Waals surface area contributed by atoms with E-state index in [1.54, 1.807) is 12.3 Å². The van der Waals surface area contributed by atoms with Crippen molar-refractivity contribution in [1.29, 1.82) is 0 Å². The molecule has 0 aromatic carbocycles. The number of hydrogen-bond donors (Lipinski definition) is 0. The molecule has 0 bridgehead atoms. The van der Waals surface area contributed by atoms with Gasteiger partial charge in [0, 0.05) is 23.7 Å². The highest BCUT2D eigenvalue weighted by atomic mass is 16.1. The molecule has 0 N–H and O–H groups in total. The average Bonchev–Trinajstić information content (AvgIpc) is 2.25. The van der Waals surface area contributed by atoms with Crippen LogP contribution in [0, 0.1) is 13.8 Å². The fraction of sp³-hybridized carbons (Fsp3) is 0.250. The van der Waals surface area contributed by atoms with Crippen molar-refractivity contribution >= 4 is 0 Å². The van der Waals surface area contributed by atoms with Crippen LogP contribution >= 0.6 is 0 Å². The monoisotopic (exact) mass is 215 g/mol. The third kappa shape index (κ3) is 2.16. The van der Waals surface area contributed by atoms with Gasteiger partial charge in [-0.3, -0.25) is 9.78 Å². The average molecular weight is 215 g/mol. The summed E-state index contributed by atoms with van der Waals surface area (Å²) in [4.78, 5) is 15.8. The van der Waals surface area contributed by atoms with E-state index in [0.717, 1.165) is 17.0 Å². The van der Waals surface area contributed by atoms with Crippen molar-refractivity contribution < 1.29 is 0 Å². The minimum atomic E-state index is -0.0949. The predicted molar refractivity (Wildman–Crippen MR) is 61.3 cm³/mol. The molecule has 0 unspecified atom stereocenters. The summed E-state index contributed by atoms with van der Waals surface area (Å²) >= 11 is 0. The molecule has 0 saturated heterocycles. The molecule has 0 fully saturated rings. The largest absolute Gasteiger partial charge is 0.268 e. The molecular formula is C12H13N3O. The summed E-state index contributed by atoms with van der Waals surface area (Å²) in [7, 11) is 0. The first-order valence-electron chi connectivity index (χ1n) is 5.12. The Morgan fingerprint density at radius 1 is 1.25 bits per heavy atom. The van der Waals surface area contributed by atoms with E-state index >= 15 is 0 Å². The Hall–Kier alpha value is -1.97. The molecule has 4 nitrogen and oxygen atoms in total. The first-order valence-corrected chi connectivity index (χ1v) is 5.12. The van der Waals surface area contributed by atoms with Gasteiger partial charge in [0.25, 0.3) is 5.56 Å².